The van der Waals surface area contributed by atoms with Crippen LogP contribution in [0.1, 0.15) is 29.0 Å². The van der Waals surface area contributed by atoms with Gasteiger partial charge in [0.05, 0.1) is 25.0 Å². The minimum absolute atomic E-state index is 0.0383. The van der Waals surface area contributed by atoms with Crippen molar-refractivity contribution < 1.29 is 14.3 Å². The van der Waals surface area contributed by atoms with Gasteiger partial charge in [0, 0.05) is 13.1 Å². The van der Waals surface area contributed by atoms with Crippen LogP contribution in [0.25, 0.3) is 0 Å². The summed E-state index contributed by atoms with van der Waals surface area (Å²) in [7, 11) is 3.90. The van der Waals surface area contributed by atoms with Gasteiger partial charge in [-0.2, -0.15) is 0 Å². The Hall–Kier alpha value is -2.31. The van der Waals surface area contributed by atoms with Gasteiger partial charge in [-0.05, 0) is 43.8 Å². The molecule has 1 aromatic carbocycles. The molecule has 134 valence electrons. The van der Waals surface area contributed by atoms with E-state index in [0.717, 1.165) is 17.7 Å². The van der Waals surface area contributed by atoms with Gasteiger partial charge in [-0.25, -0.2) is 4.79 Å². The highest BCUT2D eigenvalue weighted by Gasteiger charge is 2.30. The number of hydrogen-bond donors (Lipinski definition) is 2. The van der Waals surface area contributed by atoms with Crippen molar-refractivity contribution in [3.05, 3.63) is 59.5 Å². The smallest absolute Gasteiger partial charge is 0.318 e. The monoisotopic (exact) mass is 343 g/mol. The summed E-state index contributed by atoms with van der Waals surface area (Å²) in [5.74, 6) is 0.813. The number of aliphatic hydroxyl groups excluding tert-OH is 1. The van der Waals surface area contributed by atoms with Crippen LogP contribution in [0.4, 0.5) is 4.79 Å². The Balaban J connectivity index is 1.69. The highest BCUT2D eigenvalue weighted by Crippen LogP contribution is 2.29. The fraction of sp³-hybridized carbons (Fsp3) is 0.421. The number of fused-ring (bicyclic) bond motifs is 1. The molecule has 3 rings (SSSR count). The minimum atomic E-state index is -0.300. The standard InChI is InChI=1S/C19H25N3O3/c1-21(2)16(18-8-5-11-25-18)12-20-19(24)22-10-9-14-6-3-4-7-15(14)17(22)13-23/h3-8,11,16-17,23H,9-10,12-13H2,1-2H3,(H,20,24). The Morgan fingerprint density at radius 2 is 2.16 bits per heavy atom. The molecule has 0 aliphatic carbocycles. The zero-order valence-electron chi connectivity index (χ0n) is 14.7. The van der Waals surface area contributed by atoms with E-state index in [1.807, 2.05) is 49.3 Å². The van der Waals surface area contributed by atoms with Crippen LogP contribution in [0.5, 0.6) is 0 Å². The number of urea groups is 1. The highest BCUT2D eigenvalue weighted by molar-refractivity contribution is 5.75. The molecule has 6 heteroatoms. The van der Waals surface area contributed by atoms with E-state index in [2.05, 4.69) is 11.4 Å². The molecule has 1 aliphatic rings. The molecular weight excluding hydrogens is 318 g/mol. The predicted octanol–water partition coefficient (Wildman–Crippen LogP) is 2.18. The van der Waals surface area contributed by atoms with Gasteiger partial charge in [-0.1, -0.05) is 24.3 Å². The number of amides is 2. The van der Waals surface area contributed by atoms with Crippen LogP contribution in [-0.4, -0.2) is 54.7 Å². The Kier molecular flexibility index (Phi) is 5.40. The third-order valence-corrected chi connectivity index (χ3v) is 4.79. The van der Waals surface area contributed by atoms with Crippen molar-refractivity contribution in [3.63, 3.8) is 0 Å². The van der Waals surface area contributed by atoms with E-state index in [4.69, 9.17) is 4.42 Å². The number of furan rings is 1. The maximum Gasteiger partial charge on any atom is 0.318 e. The number of rotatable bonds is 5. The first-order valence-corrected chi connectivity index (χ1v) is 8.54. The van der Waals surface area contributed by atoms with E-state index in [0.29, 0.717) is 13.1 Å². The molecule has 2 N–H and O–H groups in total. The number of carbonyl (C=O) groups excluding carboxylic acids is 1. The lowest BCUT2D eigenvalue weighted by Gasteiger charge is -2.36. The lowest BCUT2D eigenvalue weighted by Crippen LogP contribution is -2.48. The lowest BCUT2D eigenvalue weighted by molar-refractivity contribution is 0.124. The Morgan fingerprint density at radius 3 is 2.84 bits per heavy atom. The fourth-order valence-corrected chi connectivity index (χ4v) is 3.40. The van der Waals surface area contributed by atoms with Gasteiger partial charge in [0.1, 0.15) is 5.76 Å². The van der Waals surface area contributed by atoms with E-state index in [1.54, 1.807) is 11.2 Å². The zero-order chi connectivity index (χ0) is 17.8. The molecule has 1 aliphatic heterocycles. The van der Waals surface area contributed by atoms with Crippen molar-refractivity contribution >= 4 is 6.03 Å². The molecule has 25 heavy (non-hydrogen) atoms. The first-order chi connectivity index (χ1) is 12.1. The van der Waals surface area contributed by atoms with Gasteiger partial charge in [-0.15, -0.1) is 0 Å². The number of hydrogen-bond acceptors (Lipinski definition) is 4. The van der Waals surface area contributed by atoms with Crippen LogP contribution in [-0.2, 0) is 6.42 Å². The minimum Gasteiger partial charge on any atom is -0.468 e. The third kappa shape index (κ3) is 3.70. The molecule has 1 aromatic heterocycles. The number of nitrogens with zero attached hydrogens (tertiary/aromatic N) is 2. The van der Waals surface area contributed by atoms with Gasteiger partial charge in [-0.3, -0.25) is 4.90 Å². The second kappa shape index (κ2) is 7.72. The van der Waals surface area contributed by atoms with Crippen molar-refractivity contribution in [1.82, 2.24) is 15.1 Å². The molecule has 2 amide bonds. The van der Waals surface area contributed by atoms with Gasteiger partial charge >= 0.3 is 6.03 Å². The summed E-state index contributed by atoms with van der Waals surface area (Å²) < 4.78 is 5.48. The molecule has 0 bridgehead atoms. The SMILES string of the molecule is CN(C)C(CNC(=O)N1CCc2ccccc2C1CO)c1ccco1. The first-order valence-electron chi connectivity index (χ1n) is 8.54. The largest absolute Gasteiger partial charge is 0.468 e. The van der Waals surface area contributed by atoms with E-state index in [9.17, 15) is 9.90 Å². The summed E-state index contributed by atoms with van der Waals surface area (Å²) in [6.07, 6.45) is 2.44. The summed E-state index contributed by atoms with van der Waals surface area (Å²) >= 11 is 0. The van der Waals surface area contributed by atoms with Gasteiger partial charge in [0.2, 0.25) is 0 Å². The Labute approximate surface area is 148 Å². The van der Waals surface area contributed by atoms with E-state index in [1.165, 1.54) is 5.56 Å². The molecule has 0 spiro atoms. The number of benzene rings is 1. The van der Waals surface area contributed by atoms with E-state index >= 15 is 0 Å². The number of likely N-dealkylation sites (N-methyl/N-ethyl adjacent to an activating group) is 1. The van der Waals surface area contributed by atoms with Crippen molar-refractivity contribution in [2.75, 3.05) is 33.8 Å². The average Bonchev–Trinajstić information content (AvgIpc) is 3.14. The molecular formula is C19H25N3O3. The van der Waals surface area contributed by atoms with Crippen LogP contribution < -0.4 is 5.32 Å². The van der Waals surface area contributed by atoms with Gasteiger partial charge < -0.3 is 19.7 Å². The second-order valence-electron chi connectivity index (χ2n) is 6.52. The highest BCUT2D eigenvalue weighted by atomic mass is 16.3. The fourth-order valence-electron chi connectivity index (χ4n) is 3.40. The summed E-state index contributed by atoms with van der Waals surface area (Å²) in [5.41, 5.74) is 2.23. The number of carbonyl (C=O) groups is 1. The van der Waals surface area contributed by atoms with Gasteiger partial charge in [0.15, 0.2) is 0 Å². The maximum atomic E-state index is 12.7. The molecule has 2 atom stereocenters. The van der Waals surface area contributed by atoms with Crippen molar-refractivity contribution in [1.29, 1.82) is 0 Å². The first kappa shape index (κ1) is 17.5. The molecule has 2 unspecified atom stereocenters. The lowest BCUT2D eigenvalue weighted by atomic mass is 9.93. The Morgan fingerprint density at radius 1 is 1.36 bits per heavy atom. The molecule has 0 saturated heterocycles. The number of nitrogens with one attached hydrogen (secondary N) is 1. The second-order valence-corrected chi connectivity index (χ2v) is 6.52. The maximum absolute atomic E-state index is 12.7. The summed E-state index contributed by atoms with van der Waals surface area (Å²) in [6, 6.07) is 11.2. The Bertz CT molecular complexity index is 700. The summed E-state index contributed by atoms with van der Waals surface area (Å²) in [6.45, 7) is 0.955. The van der Waals surface area contributed by atoms with Crippen LogP contribution in [0.3, 0.4) is 0 Å². The van der Waals surface area contributed by atoms with Crippen LogP contribution >= 0.6 is 0 Å². The molecule has 0 radical (unpaired) electrons. The van der Waals surface area contributed by atoms with Crippen molar-refractivity contribution in [2.45, 2.75) is 18.5 Å². The van der Waals surface area contributed by atoms with E-state index < -0.39 is 0 Å². The quantitative estimate of drug-likeness (QED) is 0.873. The predicted molar refractivity (Wildman–Crippen MR) is 95.2 cm³/mol. The topological polar surface area (TPSA) is 69.0 Å². The van der Waals surface area contributed by atoms with E-state index in [-0.39, 0.29) is 24.7 Å². The molecule has 2 heterocycles. The van der Waals surface area contributed by atoms with Crippen molar-refractivity contribution in [3.8, 4) is 0 Å². The zero-order valence-corrected chi connectivity index (χ0v) is 14.7. The van der Waals surface area contributed by atoms with Crippen LogP contribution in [0, 0.1) is 0 Å². The number of aliphatic hydroxyl groups is 1. The summed E-state index contributed by atoms with van der Waals surface area (Å²) in [5, 5.41) is 12.8. The third-order valence-electron chi connectivity index (χ3n) is 4.79. The molecule has 6 nitrogen and oxygen atoms in total. The van der Waals surface area contributed by atoms with Crippen LogP contribution in [0.2, 0.25) is 0 Å². The van der Waals surface area contributed by atoms with Crippen LogP contribution in [0.15, 0.2) is 47.1 Å². The van der Waals surface area contributed by atoms with Gasteiger partial charge in [0.25, 0.3) is 0 Å². The normalized spacial score (nSPS) is 18.1. The average molecular weight is 343 g/mol. The van der Waals surface area contributed by atoms with Crippen molar-refractivity contribution in [2.24, 2.45) is 0 Å². The summed E-state index contributed by atoms with van der Waals surface area (Å²) in [4.78, 5) is 16.5. The molecule has 0 saturated carbocycles. The molecule has 2 aromatic rings. The molecule has 0 fully saturated rings.